The van der Waals surface area contributed by atoms with Gasteiger partial charge in [-0.1, -0.05) is 0 Å². The number of ether oxygens (including phenoxy) is 1. The van der Waals surface area contributed by atoms with Crippen LogP contribution in [0.2, 0.25) is 0 Å². The number of hydrogen-bond donors (Lipinski definition) is 0. The highest BCUT2D eigenvalue weighted by atomic mass is 32.2. The standard InChI is InChI=1S/C10H19NOS/c1-13-10-3-2-5-11(6-4-10)7-9-8-12-9/h9-10H,2-8H2,1H3/t9-,10?/m1/s1. The molecule has 76 valence electrons. The molecule has 0 aliphatic carbocycles. The van der Waals surface area contributed by atoms with Crippen LogP contribution in [0.15, 0.2) is 0 Å². The molecule has 2 nitrogen and oxygen atoms in total. The molecule has 0 N–H and O–H groups in total. The Labute approximate surface area is 85.0 Å². The Balaban J connectivity index is 1.72. The highest BCUT2D eigenvalue weighted by molar-refractivity contribution is 7.99. The van der Waals surface area contributed by atoms with E-state index in [4.69, 9.17) is 4.74 Å². The van der Waals surface area contributed by atoms with Crippen molar-refractivity contribution in [2.24, 2.45) is 0 Å². The molecule has 0 aromatic rings. The fourth-order valence-electron chi connectivity index (χ4n) is 2.00. The molecule has 2 aliphatic rings. The third-order valence-corrected chi connectivity index (χ3v) is 4.10. The molecule has 0 saturated carbocycles. The van der Waals surface area contributed by atoms with Crippen LogP contribution < -0.4 is 0 Å². The van der Waals surface area contributed by atoms with Crippen molar-refractivity contribution in [3.8, 4) is 0 Å². The molecule has 2 saturated heterocycles. The van der Waals surface area contributed by atoms with Crippen molar-refractivity contribution < 1.29 is 4.74 Å². The van der Waals surface area contributed by atoms with E-state index in [2.05, 4.69) is 11.2 Å². The predicted molar refractivity (Wildman–Crippen MR) is 57.3 cm³/mol. The van der Waals surface area contributed by atoms with E-state index in [1.807, 2.05) is 11.8 Å². The fraction of sp³-hybridized carbons (Fsp3) is 1.00. The molecule has 0 radical (unpaired) electrons. The van der Waals surface area contributed by atoms with Crippen LogP contribution >= 0.6 is 11.8 Å². The van der Waals surface area contributed by atoms with E-state index < -0.39 is 0 Å². The molecule has 1 unspecified atom stereocenters. The first kappa shape index (κ1) is 9.81. The van der Waals surface area contributed by atoms with Crippen LogP contribution in [-0.2, 0) is 4.74 Å². The quantitative estimate of drug-likeness (QED) is 0.645. The SMILES string of the molecule is CSC1CCCN(C[C@@H]2CO2)CC1. The maximum atomic E-state index is 5.26. The van der Waals surface area contributed by atoms with Gasteiger partial charge in [-0.25, -0.2) is 0 Å². The van der Waals surface area contributed by atoms with Crippen LogP contribution in [-0.4, -0.2) is 48.8 Å². The van der Waals surface area contributed by atoms with Crippen LogP contribution in [0.5, 0.6) is 0 Å². The highest BCUT2D eigenvalue weighted by Gasteiger charge is 2.26. The van der Waals surface area contributed by atoms with Crippen molar-refractivity contribution in [3.05, 3.63) is 0 Å². The fourth-order valence-corrected chi connectivity index (χ4v) is 2.75. The molecule has 13 heavy (non-hydrogen) atoms. The van der Waals surface area contributed by atoms with Crippen molar-refractivity contribution in [1.82, 2.24) is 4.90 Å². The van der Waals surface area contributed by atoms with Gasteiger partial charge in [0.05, 0.1) is 12.7 Å². The summed E-state index contributed by atoms with van der Waals surface area (Å²) in [6.45, 7) is 4.76. The van der Waals surface area contributed by atoms with E-state index in [1.54, 1.807) is 0 Å². The zero-order valence-corrected chi connectivity index (χ0v) is 9.18. The number of rotatable bonds is 3. The largest absolute Gasteiger partial charge is 0.372 e. The Morgan fingerprint density at radius 3 is 2.92 bits per heavy atom. The van der Waals surface area contributed by atoms with Gasteiger partial charge in [-0.2, -0.15) is 11.8 Å². The van der Waals surface area contributed by atoms with Crippen LogP contribution in [0.4, 0.5) is 0 Å². The molecule has 3 heteroatoms. The van der Waals surface area contributed by atoms with E-state index in [-0.39, 0.29) is 0 Å². The molecule has 0 bridgehead atoms. The van der Waals surface area contributed by atoms with E-state index in [1.165, 1.54) is 38.9 Å². The van der Waals surface area contributed by atoms with E-state index in [9.17, 15) is 0 Å². The lowest BCUT2D eigenvalue weighted by Gasteiger charge is -2.18. The zero-order valence-electron chi connectivity index (χ0n) is 8.37. The van der Waals surface area contributed by atoms with Crippen molar-refractivity contribution in [2.45, 2.75) is 30.6 Å². The van der Waals surface area contributed by atoms with E-state index in [0.29, 0.717) is 6.10 Å². The lowest BCUT2D eigenvalue weighted by atomic mass is 10.2. The van der Waals surface area contributed by atoms with Gasteiger partial charge in [0.2, 0.25) is 0 Å². The molecule has 2 rings (SSSR count). The summed E-state index contributed by atoms with van der Waals surface area (Å²) >= 11 is 2.04. The molecule has 0 aromatic heterocycles. The van der Waals surface area contributed by atoms with Gasteiger partial charge < -0.3 is 9.64 Å². The number of hydrogen-bond acceptors (Lipinski definition) is 3. The summed E-state index contributed by atoms with van der Waals surface area (Å²) < 4.78 is 5.26. The topological polar surface area (TPSA) is 15.8 Å². The van der Waals surface area contributed by atoms with Crippen molar-refractivity contribution in [3.63, 3.8) is 0 Å². The van der Waals surface area contributed by atoms with Gasteiger partial charge in [-0.05, 0) is 38.6 Å². The highest BCUT2D eigenvalue weighted by Crippen LogP contribution is 2.22. The Kier molecular flexibility index (Phi) is 3.52. The Bertz CT molecular complexity index is 161. The second-order valence-corrected chi connectivity index (χ2v) is 5.18. The van der Waals surface area contributed by atoms with Gasteiger partial charge in [-0.15, -0.1) is 0 Å². The Morgan fingerprint density at radius 2 is 2.23 bits per heavy atom. The third-order valence-electron chi connectivity index (χ3n) is 2.97. The first-order chi connectivity index (χ1) is 6.38. The van der Waals surface area contributed by atoms with Crippen LogP contribution in [0.3, 0.4) is 0 Å². The number of likely N-dealkylation sites (tertiary alicyclic amines) is 1. The Morgan fingerprint density at radius 1 is 1.38 bits per heavy atom. The second-order valence-electron chi connectivity index (χ2n) is 4.04. The minimum atomic E-state index is 0.575. The van der Waals surface area contributed by atoms with Crippen molar-refractivity contribution in [1.29, 1.82) is 0 Å². The maximum absolute atomic E-state index is 5.26. The normalized spacial score (nSPS) is 35.8. The summed E-state index contributed by atoms with van der Waals surface area (Å²) in [6.07, 6.45) is 6.96. The van der Waals surface area contributed by atoms with Crippen LogP contribution in [0, 0.1) is 0 Å². The first-order valence-corrected chi connectivity index (χ1v) is 6.54. The average molecular weight is 201 g/mol. The number of nitrogens with zero attached hydrogens (tertiary/aromatic N) is 1. The van der Waals surface area contributed by atoms with Crippen LogP contribution in [0.1, 0.15) is 19.3 Å². The third kappa shape index (κ3) is 3.15. The van der Waals surface area contributed by atoms with Gasteiger partial charge in [0.15, 0.2) is 0 Å². The average Bonchev–Trinajstić information content (AvgIpc) is 2.93. The maximum Gasteiger partial charge on any atom is 0.0936 e. The van der Waals surface area contributed by atoms with Crippen molar-refractivity contribution in [2.75, 3.05) is 32.5 Å². The number of thioether (sulfide) groups is 1. The number of epoxide rings is 1. The second kappa shape index (κ2) is 4.67. The molecule has 2 fully saturated rings. The molecule has 2 heterocycles. The van der Waals surface area contributed by atoms with Gasteiger partial charge in [0, 0.05) is 11.8 Å². The lowest BCUT2D eigenvalue weighted by Crippen LogP contribution is -2.29. The summed E-state index contributed by atoms with van der Waals surface area (Å²) in [5, 5.41) is 0.908. The zero-order chi connectivity index (χ0) is 9.10. The summed E-state index contributed by atoms with van der Waals surface area (Å²) in [7, 11) is 0. The monoisotopic (exact) mass is 201 g/mol. The summed E-state index contributed by atoms with van der Waals surface area (Å²) in [5.74, 6) is 0. The lowest BCUT2D eigenvalue weighted by molar-refractivity contribution is 0.250. The van der Waals surface area contributed by atoms with Crippen molar-refractivity contribution >= 4 is 11.8 Å². The molecule has 2 aliphatic heterocycles. The summed E-state index contributed by atoms with van der Waals surface area (Å²) in [4.78, 5) is 2.58. The molecule has 0 amide bonds. The minimum absolute atomic E-state index is 0.575. The first-order valence-electron chi connectivity index (χ1n) is 5.25. The van der Waals surface area contributed by atoms with Gasteiger partial charge in [-0.3, -0.25) is 0 Å². The molecular weight excluding hydrogens is 182 g/mol. The predicted octanol–water partition coefficient (Wildman–Crippen LogP) is 1.60. The summed E-state index contributed by atoms with van der Waals surface area (Å²) in [6, 6.07) is 0. The van der Waals surface area contributed by atoms with Gasteiger partial charge in [0.1, 0.15) is 0 Å². The van der Waals surface area contributed by atoms with Gasteiger partial charge >= 0.3 is 0 Å². The molecular formula is C10H19NOS. The Hall–Kier alpha value is 0.270. The van der Waals surface area contributed by atoms with Gasteiger partial charge in [0.25, 0.3) is 0 Å². The minimum Gasteiger partial charge on any atom is -0.372 e. The smallest absolute Gasteiger partial charge is 0.0936 e. The van der Waals surface area contributed by atoms with E-state index in [0.717, 1.165) is 11.9 Å². The molecule has 0 aromatic carbocycles. The molecule has 0 spiro atoms. The van der Waals surface area contributed by atoms with Crippen LogP contribution in [0.25, 0.3) is 0 Å². The van der Waals surface area contributed by atoms with E-state index >= 15 is 0 Å². The summed E-state index contributed by atoms with van der Waals surface area (Å²) in [5.41, 5.74) is 0. The molecule has 2 atom stereocenters.